The van der Waals surface area contributed by atoms with Crippen molar-refractivity contribution in [2.24, 2.45) is 0 Å². The van der Waals surface area contributed by atoms with Gasteiger partial charge in [0.2, 0.25) is 0 Å². The Morgan fingerprint density at radius 1 is 1.35 bits per heavy atom. The highest BCUT2D eigenvalue weighted by Gasteiger charge is 2.36. The van der Waals surface area contributed by atoms with Crippen LogP contribution in [-0.4, -0.2) is 38.1 Å². The minimum absolute atomic E-state index is 0.213. The van der Waals surface area contributed by atoms with E-state index in [1.807, 2.05) is 18.4 Å². The second-order valence-corrected chi connectivity index (χ2v) is 6.21. The first-order valence-corrected chi connectivity index (χ1v) is 7.73. The number of likely N-dealkylation sites (tertiary alicyclic amines) is 1. The Labute approximate surface area is 134 Å². The third-order valence-electron chi connectivity index (χ3n) is 4.21. The van der Waals surface area contributed by atoms with Crippen molar-refractivity contribution in [2.45, 2.75) is 38.5 Å². The molecule has 1 aromatic heterocycles. The van der Waals surface area contributed by atoms with Crippen LogP contribution in [0.25, 0.3) is 0 Å². The van der Waals surface area contributed by atoms with Crippen LogP contribution in [0.1, 0.15) is 48.4 Å². The lowest BCUT2D eigenvalue weighted by Crippen LogP contribution is -2.32. The Balaban J connectivity index is 1.86. The summed E-state index contributed by atoms with van der Waals surface area (Å²) < 4.78 is 15.0. The topological polar surface area (TPSA) is 58.4 Å². The van der Waals surface area contributed by atoms with E-state index in [0.29, 0.717) is 12.1 Å². The van der Waals surface area contributed by atoms with Crippen molar-refractivity contribution < 1.29 is 14.3 Å². The molecule has 0 aliphatic carbocycles. The van der Waals surface area contributed by atoms with Crippen LogP contribution in [0.4, 0.5) is 4.39 Å². The van der Waals surface area contributed by atoms with Crippen molar-refractivity contribution in [2.75, 3.05) is 6.54 Å². The molecule has 1 aliphatic heterocycles. The fourth-order valence-electron chi connectivity index (χ4n) is 2.92. The molecule has 2 heterocycles. The third-order valence-corrected chi connectivity index (χ3v) is 4.21. The van der Waals surface area contributed by atoms with Crippen molar-refractivity contribution in [1.82, 2.24) is 14.5 Å². The predicted molar refractivity (Wildman–Crippen MR) is 83.4 cm³/mol. The molecule has 2 atom stereocenters. The van der Waals surface area contributed by atoms with Crippen molar-refractivity contribution in [3.05, 3.63) is 53.9 Å². The van der Waals surface area contributed by atoms with Gasteiger partial charge in [0.05, 0.1) is 18.5 Å². The van der Waals surface area contributed by atoms with Gasteiger partial charge >= 0.3 is 0 Å². The molecule has 2 aromatic rings. The number of aromatic nitrogens is 2. The predicted octanol–water partition coefficient (Wildman–Crippen LogP) is 2.55. The summed E-state index contributed by atoms with van der Waals surface area (Å²) in [6.45, 7) is 4.28. The molecule has 3 rings (SSSR count). The van der Waals surface area contributed by atoms with E-state index in [2.05, 4.69) is 4.98 Å². The molecule has 0 bridgehead atoms. The van der Waals surface area contributed by atoms with Gasteiger partial charge < -0.3 is 14.6 Å². The lowest BCUT2D eigenvalue weighted by atomic mass is 10.0. The molecule has 1 aliphatic rings. The highest BCUT2D eigenvalue weighted by atomic mass is 19.1. The molecule has 1 N–H and O–H groups in total. The van der Waals surface area contributed by atoms with Gasteiger partial charge in [-0.25, -0.2) is 9.37 Å². The van der Waals surface area contributed by atoms with Gasteiger partial charge in [0.15, 0.2) is 0 Å². The van der Waals surface area contributed by atoms with Crippen LogP contribution in [0.3, 0.4) is 0 Å². The van der Waals surface area contributed by atoms with Crippen LogP contribution < -0.4 is 0 Å². The van der Waals surface area contributed by atoms with E-state index in [1.54, 1.807) is 29.6 Å². The van der Waals surface area contributed by atoms with E-state index < -0.39 is 6.10 Å². The van der Waals surface area contributed by atoms with E-state index in [0.717, 1.165) is 5.56 Å². The largest absolute Gasteiger partial charge is 0.391 e. The molecule has 0 spiro atoms. The van der Waals surface area contributed by atoms with Crippen molar-refractivity contribution in [3.8, 4) is 0 Å². The molecule has 0 saturated carbocycles. The van der Waals surface area contributed by atoms with E-state index in [9.17, 15) is 14.3 Å². The monoisotopic (exact) mass is 317 g/mol. The van der Waals surface area contributed by atoms with Crippen LogP contribution in [0.2, 0.25) is 0 Å². The number of amides is 1. The van der Waals surface area contributed by atoms with E-state index >= 15 is 0 Å². The van der Waals surface area contributed by atoms with Gasteiger partial charge in [-0.1, -0.05) is 12.1 Å². The summed E-state index contributed by atoms with van der Waals surface area (Å²) >= 11 is 0. The average molecular weight is 317 g/mol. The highest BCUT2D eigenvalue weighted by Crippen LogP contribution is 2.33. The lowest BCUT2D eigenvalue weighted by Gasteiger charge is -2.24. The Bertz CT molecular complexity index is 696. The van der Waals surface area contributed by atoms with E-state index in [4.69, 9.17) is 0 Å². The van der Waals surface area contributed by atoms with Crippen LogP contribution in [0.5, 0.6) is 0 Å². The van der Waals surface area contributed by atoms with E-state index in [-0.39, 0.29) is 30.4 Å². The zero-order valence-corrected chi connectivity index (χ0v) is 13.2. The molecule has 122 valence electrons. The van der Waals surface area contributed by atoms with Crippen LogP contribution in [-0.2, 0) is 0 Å². The maximum Gasteiger partial charge on any atom is 0.274 e. The number of rotatable bonds is 3. The fraction of sp³-hybridized carbons (Fsp3) is 0.412. The summed E-state index contributed by atoms with van der Waals surface area (Å²) in [5.41, 5.74) is 1.18. The van der Waals surface area contributed by atoms with Crippen LogP contribution >= 0.6 is 0 Å². The third kappa shape index (κ3) is 3.12. The molecular weight excluding hydrogens is 297 g/mol. The summed E-state index contributed by atoms with van der Waals surface area (Å²) in [7, 11) is 0. The summed E-state index contributed by atoms with van der Waals surface area (Å²) in [5.74, 6) is -0.531. The Morgan fingerprint density at radius 3 is 2.65 bits per heavy atom. The Hall–Kier alpha value is -2.21. The standard InChI is InChI=1S/C17H20FN3O2/c1-11(2)20-9-15(19-10-20)17(23)21-8-14(22)7-16(21)12-3-5-13(18)6-4-12/h3-6,9-11,14,16,22H,7-8H2,1-2H3/t14-,16-/m0/s1. The Kier molecular flexibility index (Phi) is 4.17. The molecule has 1 aromatic carbocycles. The number of carbonyl (C=O) groups excluding carboxylic acids is 1. The molecule has 5 nitrogen and oxygen atoms in total. The number of β-amino-alcohol motifs (C(OH)–C–C–N with tert-alkyl or cyclic N) is 1. The number of nitrogens with zero attached hydrogens (tertiary/aromatic N) is 3. The number of hydrogen-bond acceptors (Lipinski definition) is 3. The molecule has 0 radical (unpaired) electrons. The summed E-state index contributed by atoms with van der Waals surface area (Å²) in [6, 6.07) is 6.02. The van der Waals surface area contributed by atoms with Gasteiger partial charge in [0, 0.05) is 18.8 Å². The lowest BCUT2D eigenvalue weighted by molar-refractivity contribution is 0.0710. The number of hydrogen-bond donors (Lipinski definition) is 1. The fourth-order valence-corrected chi connectivity index (χ4v) is 2.92. The second kappa shape index (κ2) is 6.12. The quantitative estimate of drug-likeness (QED) is 0.946. The average Bonchev–Trinajstić information content (AvgIpc) is 3.14. The maximum atomic E-state index is 13.1. The van der Waals surface area contributed by atoms with Gasteiger partial charge in [-0.15, -0.1) is 0 Å². The number of aliphatic hydroxyl groups excluding tert-OH is 1. The van der Waals surface area contributed by atoms with Gasteiger partial charge in [-0.2, -0.15) is 0 Å². The number of imidazole rings is 1. The van der Waals surface area contributed by atoms with Crippen molar-refractivity contribution in [3.63, 3.8) is 0 Å². The van der Waals surface area contributed by atoms with Gasteiger partial charge in [0.1, 0.15) is 11.5 Å². The molecular formula is C17H20FN3O2. The SMILES string of the molecule is CC(C)n1cnc(C(=O)N2C[C@@H](O)C[C@H]2c2ccc(F)cc2)c1. The molecule has 23 heavy (non-hydrogen) atoms. The summed E-state index contributed by atoms with van der Waals surface area (Å²) in [4.78, 5) is 18.5. The summed E-state index contributed by atoms with van der Waals surface area (Å²) in [6.07, 6.45) is 3.22. The number of halogens is 1. The molecule has 6 heteroatoms. The first kappa shape index (κ1) is 15.7. The first-order valence-electron chi connectivity index (χ1n) is 7.73. The van der Waals surface area contributed by atoms with Gasteiger partial charge in [0.25, 0.3) is 5.91 Å². The summed E-state index contributed by atoms with van der Waals surface area (Å²) in [5, 5.41) is 9.98. The molecule has 1 saturated heterocycles. The number of aliphatic hydroxyl groups is 1. The Morgan fingerprint density at radius 2 is 2.04 bits per heavy atom. The smallest absolute Gasteiger partial charge is 0.274 e. The molecule has 0 unspecified atom stereocenters. The van der Waals surface area contributed by atoms with Crippen molar-refractivity contribution >= 4 is 5.91 Å². The zero-order valence-electron chi connectivity index (χ0n) is 13.2. The maximum absolute atomic E-state index is 13.1. The van der Waals surface area contributed by atoms with Gasteiger partial charge in [-0.3, -0.25) is 4.79 Å². The first-order chi connectivity index (χ1) is 11.0. The zero-order chi connectivity index (χ0) is 16.6. The minimum atomic E-state index is -0.582. The molecule has 1 amide bonds. The van der Waals surface area contributed by atoms with Gasteiger partial charge in [-0.05, 0) is 38.0 Å². The van der Waals surface area contributed by atoms with Crippen LogP contribution in [0.15, 0.2) is 36.8 Å². The van der Waals surface area contributed by atoms with E-state index in [1.165, 1.54) is 12.1 Å². The molecule has 1 fully saturated rings. The highest BCUT2D eigenvalue weighted by molar-refractivity contribution is 5.92. The van der Waals surface area contributed by atoms with Crippen LogP contribution in [0, 0.1) is 5.82 Å². The van der Waals surface area contributed by atoms with Crippen molar-refractivity contribution in [1.29, 1.82) is 0 Å². The number of carbonyl (C=O) groups is 1. The minimum Gasteiger partial charge on any atom is -0.391 e. The number of benzene rings is 1. The second-order valence-electron chi connectivity index (χ2n) is 6.21. The normalized spacial score (nSPS) is 21.2.